The summed E-state index contributed by atoms with van der Waals surface area (Å²) in [6.45, 7) is 0.855. The maximum Gasteiger partial charge on any atom is 0.315 e. The molecular formula is C13H19BrN2O2S. The molecule has 2 rings (SSSR count). The standard InChI is InChI=1S/C13H19BrN2O2S/c14-11-5-4-10(19-11)8-15-12(17)16-9-13(18)6-2-1-3-7-13/h4-5,18H,1-3,6-9H2,(H2,15,16,17). The monoisotopic (exact) mass is 346 g/mol. The van der Waals surface area contributed by atoms with Crippen LogP contribution in [0.4, 0.5) is 4.79 Å². The number of hydrogen-bond acceptors (Lipinski definition) is 3. The van der Waals surface area contributed by atoms with Gasteiger partial charge in [-0.05, 0) is 40.9 Å². The van der Waals surface area contributed by atoms with Gasteiger partial charge in [-0.15, -0.1) is 11.3 Å². The summed E-state index contributed by atoms with van der Waals surface area (Å²) in [4.78, 5) is 12.8. The van der Waals surface area contributed by atoms with Crippen LogP contribution in [0, 0.1) is 0 Å². The van der Waals surface area contributed by atoms with E-state index in [4.69, 9.17) is 0 Å². The number of aliphatic hydroxyl groups is 1. The number of nitrogens with one attached hydrogen (secondary N) is 2. The predicted molar refractivity (Wildman–Crippen MR) is 80.3 cm³/mol. The van der Waals surface area contributed by atoms with Crippen molar-refractivity contribution in [3.63, 3.8) is 0 Å². The fourth-order valence-electron chi connectivity index (χ4n) is 2.31. The Morgan fingerprint density at radius 2 is 2.05 bits per heavy atom. The lowest BCUT2D eigenvalue weighted by Gasteiger charge is -2.32. The summed E-state index contributed by atoms with van der Waals surface area (Å²) in [6.07, 6.45) is 4.84. The quantitative estimate of drug-likeness (QED) is 0.784. The van der Waals surface area contributed by atoms with Crippen LogP contribution in [0.2, 0.25) is 0 Å². The third-order valence-electron chi connectivity index (χ3n) is 3.41. The molecule has 6 heteroatoms. The van der Waals surface area contributed by atoms with E-state index < -0.39 is 5.60 Å². The highest BCUT2D eigenvalue weighted by Crippen LogP contribution is 2.27. The zero-order valence-corrected chi connectivity index (χ0v) is 13.1. The molecule has 19 heavy (non-hydrogen) atoms. The number of thiophene rings is 1. The lowest BCUT2D eigenvalue weighted by molar-refractivity contribution is 0.00719. The van der Waals surface area contributed by atoms with Gasteiger partial charge in [0.25, 0.3) is 0 Å². The molecule has 1 saturated carbocycles. The van der Waals surface area contributed by atoms with E-state index in [0.29, 0.717) is 13.1 Å². The van der Waals surface area contributed by atoms with E-state index >= 15 is 0 Å². The van der Waals surface area contributed by atoms with Crippen molar-refractivity contribution in [1.29, 1.82) is 0 Å². The van der Waals surface area contributed by atoms with Crippen LogP contribution in [0.5, 0.6) is 0 Å². The van der Waals surface area contributed by atoms with Crippen molar-refractivity contribution in [2.45, 2.75) is 44.2 Å². The summed E-state index contributed by atoms with van der Waals surface area (Å²) in [5.41, 5.74) is -0.707. The second kappa shape index (κ2) is 6.72. The molecule has 0 bridgehead atoms. The molecule has 0 spiro atoms. The summed E-state index contributed by atoms with van der Waals surface area (Å²) in [5.74, 6) is 0. The van der Waals surface area contributed by atoms with Crippen molar-refractivity contribution in [2.75, 3.05) is 6.54 Å². The topological polar surface area (TPSA) is 61.4 Å². The molecule has 1 aromatic heterocycles. The van der Waals surface area contributed by atoms with Crippen molar-refractivity contribution in [3.05, 3.63) is 20.8 Å². The van der Waals surface area contributed by atoms with Crippen LogP contribution in [-0.4, -0.2) is 23.3 Å². The van der Waals surface area contributed by atoms with Crippen LogP contribution >= 0.6 is 27.3 Å². The second-order valence-electron chi connectivity index (χ2n) is 5.03. The van der Waals surface area contributed by atoms with Gasteiger partial charge in [-0.2, -0.15) is 0 Å². The zero-order valence-electron chi connectivity index (χ0n) is 10.7. The van der Waals surface area contributed by atoms with Crippen molar-refractivity contribution >= 4 is 33.3 Å². The first-order valence-corrected chi connectivity index (χ1v) is 8.17. The molecule has 1 heterocycles. The molecule has 3 N–H and O–H groups in total. The number of hydrogen-bond donors (Lipinski definition) is 3. The highest BCUT2D eigenvalue weighted by molar-refractivity contribution is 9.11. The summed E-state index contributed by atoms with van der Waals surface area (Å²) in [6, 6.07) is 3.72. The molecule has 4 nitrogen and oxygen atoms in total. The van der Waals surface area contributed by atoms with Gasteiger partial charge in [-0.1, -0.05) is 19.3 Å². The van der Waals surface area contributed by atoms with E-state index in [1.165, 1.54) is 6.42 Å². The minimum absolute atomic E-state index is 0.219. The molecule has 0 aromatic carbocycles. The fraction of sp³-hybridized carbons (Fsp3) is 0.615. The van der Waals surface area contributed by atoms with Crippen molar-refractivity contribution in [3.8, 4) is 0 Å². The Bertz CT molecular complexity index is 430. The van der Waals surface area contributed by atoms with Crippen molar-refractivity contribution < 1.29 is 9.90 Å². The Labute approximate surface area is 125 Å². The molecule has 2 amide bonds. The summed E-state index contributed by atoms with van der Waals surface area (Å²) < 4.78 is 1.06. The molecule has 1 fully saturated rings. The van der Waals surface area contributed by atoms with Gasteiger partial charge in [-0.25, -0.2) is 4.79 Å². The number of carbonyl (C=O) groups is 1. The Morgan fingerprint density at radius 1 is 1.32 bits per heavy atom. The van der Waals surface area contributed by atoms with Crippen LogP contribution in [0.15, 0.2) is 15.9 Å². The third kappa shape index (κ3) is 4.78. The second-order valence-corrected chi connectivity index (χ2v) is 7.57. The molecule has 0 atom stereocenters. The van der Waals surface area contributed by atoms with Crippen molar-refractivity contribution in [2.24, 2.45) is 0 Å². The Balaban J connectivity index is 1.69. The van der Waals surface area contributed by atoms with E-state index in [1.807, 2.05) is 12.1 Å². The maximum atomic E-state index is 11.7. The highest BCUT2D eigenvalue weighted by atomic mass is 79.9. The Morgan fingerprint density at radius 3 is 2.68 bits per heavy atom. The highest BCUT2D eigenvalue weighted by Gasteiger charge is 2.29. The third-order valence-corrected chi connectivity index (χ3v) is 5.04. The van der Waals surface area contributed by atoms with E-state index in [-0.39, 0.29) is 6.03 Å². The number of carbonyl (C=O) groups excluding carboxylic acids is 1. The van der Waals surface area contributed by atoms with Crippen molar-refractivity contribution in [1.82, 2.24) is 10.6 Å². The van der Waals surface area contributed by atoms with Crippen LogP contribution in [0.1, 0.15) is 37.0 Å². The molecule has 0 radical (unpaired) electrons. The van der Waals surface area contributed by atoms with Gasteiger partial charge in [0.15, 0.2) is 0 Å². The average Bonchev–Trinajstić information content (AvgIpc) is 2.81. The smallest absolute Gasteiger partial charge is 0.315 e. The number of rotatable bonds is 4. The van der Waals surface area contributed by atoms with Gasteiger partial charge in [0.05, 0.1) is 15.9 Å². The molecule has 1 aliphatic carbocycles. The number of urea groups is 1. The number of halogens is 1. The lowest BCUT2D eigenvalue weighted by atomic mass is 9.85. The maximum absolute atomic E-state index is 11.7. The van der Waals surface area contributed by atoms with Gasteiger partial charge < -0.3 is 15.7 Å². The van der Waals surface area contributed by atoms with Crippen LogP contribution < -0.4 is 10.6 Å². The molecule has 1 aliphatic rings. The molecule has 106 valence electrons. The van der Waals surface area contributed by atoms with Crippen LogP contribution in [0.3, 0.4) is 0 Å². The molecule has 0 unspecified atom stereocenters. The average molecular weight is 347 g/mol. The minimum Gasteiger partial charge on any atom is -0.388 e. The lowest BCUT2D eigenvalue weighted by Crippen LogP contribution is -2.47. The Kier molecular flexibility index (Phi) is 5.24. The summed E-state index contributed by atoms with van der Waals surface area (Å²) >= 11 is 4.99. The molecular weight excluding hydrogens is 328 g/mol. The number of amides is 2. The first-order valence-electron chi connectivity index (χ1n) is 6.56. The van der Waals surface area contributed by atoms with Gasteiger partial charge in [0, 0.05) is 11.4 Å². The van der Waals surface area contributed by atoms with Crippen LogP contribution in [-0.2, 0) is 6.54 Å². The van der Waals surface area contributed by atoms with E-state index in [2.05, 4.69) is 26.6 Å². The summed E-state index contributed by atoms with van der Waals surface area (Å²) in [5, 5.41) is 15.8. The van der Waals surface area contributed by atoms with Crippen LogP contribution in [0.25, 0.3) is 0 Å². The summed E-state index contributed by atoms with van der Waals surface area (Å²) in [7, 11) is 0. The molecule has 0 aliphatic heterocycles. The first-order chi connectivity index (χ1) is 9.07. The van der Waals surface area contributed by atoms with Gasteiger partial charge in [0.1, 0.15) is 0 Å². The van der Waals surface area contributed by atoms with Gasteiger partial charge in [-0.3, -0.25) is 0 Å². The largest absolute Gasteiger partial charge is 0.388 e. The van der Waals surface area contributed by atoms with Gasteiger partial charge >= 0.3 is 6.03 Å². The fourth-order valence-corrected chi connectivity index (χ4v) is 3.73. The normalized spacial score (nSPS) is 18.0. The zero-order chi connectivity index (χ0) is 13.7. The van der Waals surface area contributed by atoms with E-state index in [9.17, 15) is 9.90 Å². The molecule has 0 saturated heterocycles. The predicted octanol–water partition coefficient (Wildman–Crippen LogP) is 3.01. The van der Waals surface area contributed by atoms with Gasteiger partial charge in [0.2, 0.25) is 0 Å². The Hall–Kier alpha value is -0.590. The van der Waals surface area contributed by atoms with E-state index in [1.54, 1.807) is 11.3 Å². The SMILES string of the molecule is O=C(NCc1ccc(Br)s1)NCC1(O)CCCCC1. The van der Waals surface area contributed by atoms with E-state index in [0.717, 1.165) is 34.3 Å². The molecule has 1 aromatic rings. The minimum atomic E-state index is -0.707. The first kappa shape index (κ1) is 14.8.